The summed E-state index contributed by atoms with van der Waals surface area (Å²) >= 11 is 1.30. The van der Waals surface area contributed by atoms with Crippen LogP contribution in [0.2, 0.25) is 0 Å². The van der Waals surface area contributed by atoms with E-state index >= 15 is 0 Å². The minimum absolute atomic E-state index is 0.114. The highest BCUT2D eigenvalue weighted by atomic mass is 32.1. The van der Waals surface area contributed by atoms with Crippen molar-refractivity contribution >= 4 is 22.4 Å². The summed E-state index contributed by atoms with van der Waals surface area (Å²) in [4.78, 5) is 21.2. The van der Waals surface area contributed by atoms with Crippen LogP contribution in [-0.2, 0) is 11.2 Å². The number of rotatable bonds is 7. The standard InChI is InChI=1S/C22H27F3N4O2S/c23-18-4-2-1-3-16(18)11-17-12-26-20(32-17)27-19(30)13-29-8-5-21(31,15-29)14-28-9-6-22(24,25)7-10-28/h1-4,12,31H,5-11,13-15H2,(H,26,27,30)/t21-/m1/s1. The average molecular weight is 469 g/mol. The van der Waals surface area contributed by atoms with Crippen molar-refractivity contribution in [1.29, 1.82) is 0 Å². The van der Waals surface area contributed by atoms with Crippen LogP contribution in [0, 0.1) is 5.82 Å². The summed E-state index contributed by atoms with van der Waals surface area (Å²) < 4.78 is 40.5. The molecule has 1 aromatic heterocycles. The third kappa shape index (κ3) is 6.06. The summed E-state index contributed by atoms with van der Waals surface area (Å²) in [6, 6.07) is 6.55. The lowest BCUT2D eigenvalue weighted by Gasteiger charge is -2.36. The predicted molar refractivity (Wildman–Crippen MR) is 117 cm³/mol. The highest BCUT2D eigenvalue weighted by Crippen LogP contribution is 2.30. The zero-order valence-corrected chi connectivity index (χ0v) is 18.5. The van der Waals surface area contributed by atoms with Gasteiger partial charge in [-0.05, 0) is 18.1 Å². The molecule has 0 bridgehead atoms. The molecule has 4 rings (SSSR count). The van der Waals surface area contributed by atoms with Crippen LogP contribution < -0.4 is 5.32 Å². The number of hydrogen-bond donors (Lipinski definition) is 2. The first-order valence-corrected chi connectivity index (χ1v) is 11.5. The molecule has 2 aromatic rings. The Morgan fingerprint density at radius 1 is 1.16 bits per heavy atom. The lowest BCUT2D eigenvalue weighted by molar-refractivity contribution is -0.117. The summed E-state index contributed by atoms with van der Waals surface area (Å²) in [6.45, 7) is 1.88. The minimum atomic E-state index is -2.61. The van der Waals surface area contributed by atoms with Gasteiger partial charge in [0.2, 0.25) is 5.91 Å². The molecule has 32 heavy (non-hydrogen) atoms. The summed E-state index contributed by atoms with van der Waals surface area (Å²) in [5.74, 6) is -3.12. The first kappa shape index (κ1) is 23.2. The zero-order valence-electron chi connectivity index (χ0n) is 17.7. The fourth-order valence-corrected chi connectivity index (χ4v) is 5.15. The monoisotopic (exact) mass is 468 g/mol. The van der Waals surface area contributed by atoms with Gasteiger partial charge in [-0.1, -0.05) is 18.2 Å². The highest BCUT2D eigenvalue weighted by Gasteiger charge is 2.41. The number of piperidine rings is 1. The predicted octanol–water partition coefficient (Wildman–Crippen LogP) is 2.98. The van der Waals surface area contributed by atoms with Gasteiger partial charge in [0.05, 0.1) is 12.1 Å². The van der Waals surface area contributed by atoms with Crippen LogP contribution in [0.15, 0.2) is 30.5 Å². The van der Waals surface area contributed by atoms with E-state index in [0.29, 0.717) is 43.2 Å². The number of thiazole rings is 1. The van der Waals surface area contributed by atoms with E-state index in [1.165, 1.54) is 17.4 Å². The number of aromatic nitrogens is 1. The third-order valence-electron chi connectivity index (χ3n) is 6.01. The fourth-order valence-electron chi connectivity index (χ4n) is 4.30. The van der Waals surface area contributed by atoms with Gasteiger partial charge in [-0.25, -0.2) is 18.2 Å². The van der Waals surface area contributed by atoms with Crippen molar-refractivity contribution in [3.63, 3.8) is 0 Å². The Bertz CT molecular complexity index is 947. The highest BCUT2D eigenvalue weighted by molar-refractivity contribution is 7.15. The van der Waals surface area contributed by atoms with Gasteiger partial charge in [0, 0.05) is 63.1 Å². The largest absolute Gasteiger partial charge is 0.387 e. The Balaban J connectivity index is 1.24. The van der Waals surface area contributed by atoms with Crippen molar-refractivity contribution in [2.45, 2.75) is 37.2 Å². The summed E-state index contributed by atoms with van der Waals surface area (Å²) in [5.41, 5.74) is -0.427. The number of alkyl halides is 2. The van der Waals surface area contributed by atoms with Gasteiger partial charge >= 0.3 is 0 Å². The van der Waals surface area contributed by atoms with Crippen LogP contribution in [0.4, 0.5) is 18.3 Å². The van der Waals surface area contributed by atoms with Crippen LogP contribution in [0.3, 0.4) is 0 Å². The maximum Gasteiger partial charge on any atom is 0.250 e. The van der Waals surface area contributed by atoms with Gasteiger partial charge in [0.15, 0.2) is 5.13 Å². The van der Waals surface area contributed by atoms with Crippen molar-refractivity contribution in [1.82, 2.24) is 14.8 Å². The maximum atomic E-state index is 13.8. The van der Waals surface area contributed by atoms with E-state index < -0.39 is 11.5 Å². The Labute approximate surface area is 189 Å². The second-order valence-corrected chi connectivity index (χ2v) is 9.88. The Morgan fingerprint density at radius 2 is 1.88 bits per heavy atom. The molecule has 2 aliphatic rings. The van der Waals surface area contributed by atoms with E-state index in [-0.39, 0.29) is 44.2 Å². The Hall–Kier alpha value is -2.01. The number of likely N-dealkylation sites (tertiary alicyclic amines) is 2. The van der Waals surface area contributed by atoms with Crippen LogP contribution >= 0.6 is 11.3 Å². The van der Waals surface area contributed by atoms with Gasteiger partial charge in [-0.15, -0.1) is 11.3 Å². The van der Waals surface area contributed by atoms with Gasteiger partial charge < -0.3 is 10.4 Å². The van der Waals surface area contributed by atoms with Crippen molar-refractivity contribution in [3.8, 4) is 0 Å². The van der Waals surface area contributed by atoms with Crippen LogP contribution in [0.1, 0.15) is 29.7 Å². The topological polar surface area (TPSA) is 68.7 Å². The maximum absolute atomic E-state index is 13.8. The normalized spacial score (nSPS) is 24.0. The molecule has 1 aromatic carbocycles. The Morgan fingerprint density at radius 3 is 2.62 bits per heavy atom. The fraction of sp³-hybridized carbons (Fsp3) is 0.545. The molecule has 0 spiro atoms. The molecule has 0 radical (unpaired) electrons. The van der Waals surface area contributed by atoms with E-state index in [4.69, 9.17) is 0 Å². The number of carbonyl (C=O) groups is 1. The molecule has 1 atom stereocenters. The molecule has 2 aliphatic heterocycles. The molecule has 2 N–H and O–H groups in total. The number of hydrogen-bond acceptors (Lipinski definition) is 6. The third-order valence-corrected chi connectivity index (χ3v) is 6.92. The summed E-state index contributed by atoms with van der Waals surface area (Å²) in [6.07, 6.45) is 2.17. The minimum Gasteiger partial charge on any atom is -0.387 e. The number of aliphatic hydroxyl groups is 1. The lowest BCUT2D eigenvalue weighted by Crippen LogP contribution is -2.49. The molecule has 0 aliphatic carbocycles. The van der Waals surface area contributed by atoms with Crippen molar-refractivity contribution < 1.29 is 23.1 Å². The second-order valence-electron chi connectivity index (χ2n) is 8.77. The first-order valence-electron chi connectivity index (χ1n) is 10.7. The molecule has 2 saturated heterocycles. The molecule has 0 saturated carbocycles. The van der Waals surface area contributed by atoms with Gasteiger partial charge in [-0.2, -0.15) is 0 Å². The summed E-state index contributed by atoms with van der Waals surface area (Å²) in [7, 11) is 0. The molecule has 2 fully saturated rings. The van der Waals surface area contributed by atoms with E-state index in [1.807, 2.05) is 9.80 Å². The Kier molecular flexibility index (Phi) is 6.85. The number of benzene rings is 1. The van der Waals surface area contributed by atoms with Crippen LogP contribution in [-0.4, -0.2) is 76.6 Å². The van der Waals surface area contributed by atoms with Crippen molar-refractivity contribution in [2.24, 2.45) is 0 Å². The molecule has 0 unspecified atom stereocenters. The second kappa shape index (κ2) is 9.46. The van der Waals surface area contributed by atoms with Crippen molar-refractivity contribution in [2.75, 3.05) is 44.6 Å². The number of anilines is 1. The lowest BCUT2D eigenvalue weighted by atomic mass is 10.00. The molecule has 3 heterocycles. The molecule has 10 heteroatoms. The van der Waals surface area contributed by atoms with Gasteiger partial charge in [0.1, 0.15) is 5.82 Å². The van der Waals surface area contributed by atoms with Crippen LogP contribution in [0.25, 0.3) is 0 Å². The molecule has 174 valence electrons. The van der Waals surface area contributed by atoms with Crippen LogP contribution in [0.5, 0.6) is 0 Å². The number of carbonyl (C=O) groups excluding carboxylic acids is 1. The van der Waals surface area contributed by atoms with E-state index in [9.17, 15) is 23.1 Å². The number of halogens is 3. The van der Waals surface area contributed by atoms with E-state index in [1.54, 1.807) is 24.4 Å². The zero-order chi connectivity index (χ0) is 22.8. The summed E-state index contributed by atoms with van der Waals surface area (Å²) in [5, 5.41) is 14.1. The smallest absolute Gasteiger partial charge is 0.250 e. The SMILES string of the molecule is O=C(CN1CC[C@@](O)(CN2CCC(F)(F)CC2)C1)Nc1ncc(Cc2ccccc2F)s1. The molecular formula is C22H27F3N4O2S. The average Bonchev–Trinajstić information content (AvgIpc) is 3.31. The van der Waals surface area contributed by atoms with E-state index in [0.717, 1.165) is 4.88 Å². The number of nitrogens with zero attached hydrogens (tertiary/aromatic N) is 3. The first-order chi connectivity index (χ1) is 15.2. The number of β-amino-alcohol motifs (C(OH)–C–C–N with tert-alkyl or cyclic N) is 1. The number of nitrogens with one attached hydrogen (secondary N) is 1. The molecule has 1 amide bonds. The number of amides is 1. The van der Waals surface area contributed by atoms with E-state index in [2.05, 4.69) is 10.3 Å². The van der Waals surface area contributed by atoms with Gasteiger partial charge in [0.25, 0.3) is 5.92 Å². The molecular weight excluding hydrogens is 441 g/mol. The van der Waals surface area contributed by atoms with Gasteiger partial charge in [-0.3, -0.25) is 14.6 Å². The molecule has 6 nitrogen and oxygen atoms in total. The van der Waals surface area contributed by atoms with Crippen molar-refractivity contribution in [3.05, 3.63) is 46.7 Å². The quantitative estimate of drug-likeness (QED) is 0.654.